The van der Waals surface area contributed by atoms with Crippen molar-refractivity contribution < 1.29 is 9.53 Å². The monoisotopic (exact) mass is 282 g/mol. The van der Waals surface area contributed by atoms with Crippen LogP contribution in [-0.2, 0) is 0 Å². The van der Waals surface area contributed by atoms with Crippen LogP contribution >= 0.6 is 23.2 Å². The van der Waals surface area contributed by atoms with Gasteiger partial charge in [0.05, 0.1) is 18.2 Å². The Morgan fingerprint density at radius 3 is 2.61 bits per heavy atom. The van der Waals surface area contributed by atoms with Crippen LogP contribution in [0.4, 0.5) is 0 Å². The minimum absolute atomic E-state index is 0.00954. The van der Waals surface area contributed by atoms with Crippen molar-refractivity contribution in [3.8, 4) is 5.75 Å². The van der Waals surface area contributed by atoms with Crippen molar-refractivity contribution >= 4 is 29.0 Å². The zero-order chi connectivity index (χ0) is 13.1. The molecule has 1 heterocycles. The second-order valence-corrected chi connectivity index (χ2v) is 4.15. The van der Waals surface area contributed by atoms with Crippen molar-refractivity contribution in [3.63, 3.8) is 0 Å². The summed E-state index contributed by atoms with van der Waals surface area (Å²) in [6.07, 6.45) is 0. The molecule has 0 atom stereocenters. The van der Waals surface area contributed by atoms with Gasteiger partial charge in [-0.2, -0.15) is 0 Å². The average molecular weight is 283 g/mol. The molecule has 0 aliphatic heterocycles. The number of hydrogen-bond donors (Lipinski definition) is 0. The van der Waals surface area contributed by atoms with E-state index in [0.717, 1.165) is 0 Å². The standard InChI is InChI=1S/C12H8Cl2N2O2/c1-18-9-5-3-2-4-7(9)11(17)8-6-10(13)15-16-12(8)14/h2-6H,1H3. The van der Waals surface area contributed by atoms with E-state index in [-0.39, 0.29) is 21.7 Å². The van der Waals surface area contributed by atoms with Crippen LogP contribution in [0.15, 0.2) is 30.3 Å². The molecule has 0 bridgehead atoms. The quantitative estimate of drug-likeness (QED) is 0.812. The second-order valence-electron chi connectivity index (χ2n) is 3.40. The Kier molecular flexibility index (Phi) is 3.79. The van der Waals surface area contributed by atoms with Gasteiger partial charge in [0.15, 0.2) is 16.1 Å². The van der Waals surface area contributed by atoms with Crippen LogP contribution < -0.4 is 4.74 Å². The molecule has 2 aromatic rings. The lowest BCUT2D eigenvalue weighted by atomic mass is 10.0. The van der Waals surface area contributed by atoms with Gasteiger partial charge < -0.3 is 4.74 Å². The molecule has 0 aliphatic carbocycles. The van der Waals surface area contributed by atoms with E-state index >= 15 is 0 Å². The van der Waals surface area contributed by atoms with Gasteiger partial charge in [-0.25, -0.2) is 0 Å². The number of ketones is 1. The van der Waals surface area contributed by atoms with E-state index in [1.807, 2.05) is 0 Å². The third kappa shape index (κ3) is 2.44. The number of ether oxygens (including phenoxy) is 1. The molecule has 2 rings (SSSR count). The summed E-state index contributed by atoms with van der Waals surface area (Å²) in [7, 11) is 1.49. The molecule has 0 amide bonds. The number of methoxy groups -OCH3 is 1. The Morgan fingerprint density at radius 1 is 1.17 bits per heavy atom. The summed E-state index contributed by atoms with van der Waals surface area (Å²) in [4.78, 5) is 12.3. The number of benzene rings is 1. The Balaban J connectivity index is 2.51. The van der Waals surface area contributed by atoms with Gasteiger partial charge in [-0.1, -0.05) is 35.3 Å². The first-order valence-electron chi connectivity index (χ1n) is 5.00. The van der Waals surface area contributed by atoms with E-state index in [0.29, 0.717) is 11.3 Å². The number of carbonyl (C=O) groups excluding carboxylic acids is 1. The van der Waals surface area contributed by atoms with Crippen LogP contribution in [0, 0.1) is 0 Å². The van der Waals surface area contributed by atoms with Crippen molar-refractivity contribution in [2.24, 2.45) is 0 Å². The number of rotatable bonds is 3. The molecule has 18 heavy (non-hydrogen) atoms. The molecule has 1 aromatic heterocycles. The van der Waals surface area contributed by atoms with E-state index in [2.05, 4.69) is 10.2 Å². The first kappa shape index (κ1) is 12.8. The maximum Gasteiger partial charge on any atom is 0.200 e. The number of halogens is 2. The summed E-state index contributed by atoms with van der Waals surface area (Å²) < 4.78 is 5.13. The topological polar surface area (TPSA) is 52.1 Å². The summed E-state index contributed by atoms with van der Waals surface area (Å²) >= 11 is 11.5. The van der Waals surface area contributed by atoms with E-state index in [9.17, 15) is 4.79 Å². The Bertz CT molecular complexity index is 602. The fraction of sp³-hybridized carbons (Fsp3) is 0.0833. The minimum atomic E-state index is -0.311. The zero-order valence-corrected chi connectivity index (χ0v) is 10.9. The number of aromatic nitrogens is 2. The van der Waals surface area contributed by atoms with Crippen LogP contribution in [0.1, 0.15) is 15.9 Å². The molecule has 1 aromatic carbocycles. The van der Waals surface area contributed by atoms with Crippen molar-refractivity contribution in [1.82, 2.24) is 10.2 Å². The summed E-state index contributed by atoms with van der Waals surface area (Å²) in [5.41, 5.74) is 0.590. The Hall–Kier alpha value is -1.65. The zero-order valence-electron chi connectivity index (χ0n) is 9.35. The largest absolute Gasteiger partial charge is 0.496 e. The highest BCUT2D eigenvalue weighted by atomic mass is 35.5. The Labute approximate surface area is 114 Å². The lowest BCUT2D eigenvalue weighted by Crippen LogP contribution is -2.06. The van der Waals surface area contributed by atoms with Crippen molar-refractivity contribution in [3.05, 3.63) is 51.8 Å². The SMILES string of the molecule is COc1ccccc1C(=O)c1cc(Cl)nnc1Cl. The van der Waals surface area contributed by atoms with Gasteiger partial charge in [-0.3, -0.25) is 4.79 Å². The number of carbonyl (C=O) groups is 1. The third-order valence-corrected chi connectivity index (χ3v) is 2.78. The van der Waals surface area contributed by atoms with Gasteiger partial charge in [0, 0.05) is 0 Å². The van der Waals surface area contributed by atoms with Gasteiger partial charge in [0.25, 0.3) is 0 Å². The van der Waals surface area contributed by atoms with Gasteiger partial charge >= 0.3 is 0 Å². The average Bonchev–Trinajstić information content (AvgIpc) is 2.40. The molecule has 0 fully saturated rings. The highest BCUT2D eigenvalue weighted by Crippen LogP contribution is 2.24. The first-order valence-corrected chi connectivity index (χ1v) is 5.75. The highest BCUT2D eigenvalue weighted by molar-refractivity contribution is 6.35. The second kappa shape index (κ2) is 5.33. The maximum absolute atomic E-state index is 12.3. The molecule has 6 heteroatoms. The summed E-state index contributed by atoms with van der Waals surface area (Å²) in [5, 5.41) is 7.28. The predicted molar refractivity (Wildman–Crippen MR) is 68.5 cm³/mol. The molecule has 0 radical (unpaired) electrons. The highest BCUT2D eigenvalue weighted by Gasteiger charge is 2.18. The number of hydrogen-bond acceptors (Lipinski definition) is 4. The molecule has 0 aliphatic rings. The van der Waals surface area contributed by atoms with Crippen molar-refractivity contribution in [1.29, 1.82) is 0 Å². The fourth-order valence-electron chi connectivity index (χ4n) is 1.49. The normalized spacial score (nSPS) is 10.2. The molecular formula is C12H8Cl2N2O2. The van der Waals surface area contributed by atoms with Gasteiger partial charge in [-0.05, 0) is 18.2 Å². The fourth-order valence-corrected chi connectivity index (χ4v) is 1.81. The van der Waals surface area contributed by atoms with Crippen LogP contribution in [0.5, 0.6) is 5.75 Å². The summed E-state index contributed by atoms with van der Waals surface area (Å²) in [6.45, 7) is 0. The molecule has 4 nitrogen and oxygen atoms in total. The molecule has 0 saturated heterocycles. The van der Waals surface area contributed by atoms with Crippen LogP contribution in [0.25, 0.3) is 0 Å². The van der Waals surface area contributed by atoms with Crippen LogP contribution in [0.2, 0.25) is 10.3 Å². The number of para-hydroxylation sites is 1. The summed E-state index contributed by atoms with van der Waals surface area (Å²) in [5.74, 6) is 0.153. The Morgan fingerprint density at radius 2 is 1.89 bits per heavy atom. The third-order valence-electron chi connectivity index (χ3n) is 2.32. The van der Waals surface area contributed by atoms with Gasteiger partial charge in [0.1, 0.15) is 5.75 Å². The molecule has 0 unspecified atom stereocenters. The van der Waals surface area contributed by atoms with Crippen LogP contribution in [-0.4, -0.2) is 23.1 Å². The number of nitrogens with zero attached hydrogens (tertiary/aromatic N) is 2. The maximum atomic E-state index is 12.3. The first-order chi connectivity index (χ1) is 8.63. The van der Waals surface area contributed by atoms with Crippen molar-refractivity contribution in [2.75, 3.05) is 7.11 Å². The van der Waals surface area contributed by atoms with Gasteiger partial charge in [-0.15, -0.1) is 10.2 Å². The van der Waals surface area contributed by atoms with E-state index in [1.54, 1.807) is 24.3 Å². The van der Waals surface area contributed by atoms with E-state index < -0.39 is 0 Å². The smallest absolute Gasteiger partial charge is 0.200 e. The molecule has 0 N–H and O–H groups in total. The molecule has 0 saturated carbocycles. The molecular weight excluding hydrogens is 275 g/mol. The predicted octanol–water partition coefficient (Wildman–Crippen LogP) is 3.02. The van der Waals surface area contributed by atoms with Crippen molar-refractivity contribution in [2.45, 2.75) is 0 Å². The molecule has 0 spiro atoms. The van der Waals surface area contributed by atoms with Gasteiger partial charge in [0.2, 0.25) is 0 Å². The lowest BCUT2D eigenvalue weighted by molar-refractivity contribution is 0.103. The molecule has 92 valence electrons. The van der Waals surface area contributed by atoms with E-state index in [1.165, 1.54) is 13.2 Å². The lowest BCUT2D eigenvalue weighted by Gasteiger charge is -2.07. The minimum Gasteiger partial charge on any atom is -0.496 e. The van der Waals surface area contributed by atoms with E-state index in [4.69, 9.17) is 27.9 Å². The summed E-state index contributed by atoms with van der Waals surface area (Å²) in [6, 6.07) is 8.23. The van der Waals surface area contributed by atoms with Crippen LogP contribution in [0.3, 0.4) is 0 Å².